The predicted molar refractivity (Wildman–Crippen MR) is 73.3 cm³/mol. The van der Waals surface area contributed by atoms with E-state index in [1.165, 1.54) is 5.56 Å². The van der Waals surface area contributed by atoms with Crippen LogP contribution in [0.15, 0.2) is 24.3 Å². The van der Waals surface area contributed by atoms with E-state index >= 15 is 0 Å². The molecule has 1 rings (SSSR count). The SMILES string of the molecule is CC(C)Oc1cccc(CCC(N)C(C)C)c1. The van der Waals surface area contributed by atoms with Gasteiger partial charge in [-0.1, -0.05) is 26.0 Å². The molecule has 0 fully saturated rings. The van der Waals surface area contributed by atoms with Crippen LogP contribution < -0.4 is 10.5 Å². The van der Waals surface area contributed by atoms with Crippen molar-refractivity contribution in [1.29, 1.82) is 0 Å². The molecule has 96 valence electrons. The Morgan fingerprint density at radius 2 is 1.88 bits per heavy atom. The fourth-order valence-electron chi connectivity index (χ4n) is 1.71. The Morgan fingerprint density at radius 1 is 1.18 bits per heavy atom. The summed E-state index contributed by atoms with van der Waals surface area (Å²) < 4.78 is 5.68. The summed E-state index contributed by atoms with van der Waals surface area (Å²) in [5.41, 5.74) is 7.36. The maximum absolute atomic E-state index is 6.05. The Kier molecular flexibility index (Phi) is 5.49. The Labute approximate surface area is 105 Å². The first kappa shape index (κ1) is 14.0. The van der Waals surface area contributed by atoms with E-state index in [9.17, 15) is 0 Å². The Morgan fingerprint density at radius 3 is 2.47 bits per heavy atom. The van der Waals surface area contributed by atoms with E-state index in [4.69, 9.17) is 10.5 Å². The third kappa shape index (κ3) is 5.22. The van der Waals surface area contributed by atoms with Crippen LogP contribution in [-0.2, 0) is 6.42 Å². The van der Waals surface area contributed by atoms with Gasteiger partial charge in [-0.3, -0.25) is 0 Å². The highest BCUT2D eigenvalue weighted by Gasteiger charge is 2.08. The summed E-state index contributed by atoms with van der Waals surface area (Å²) in [6.07, 6.45) is 2.28. The number of ether oxygens (including phenoxy) is 1. The highest BCUT2D eigenvalue weighted by Crippen LogP contribution is 2.17. The van der Waals surface area contributed by atoms with E-state index in [0.29, 0.717) is 5.92 Å². The number of hydrogen-bond donors (Lipinski definition) is 1. The van der Waals surface area contributed by atoms with Gasteiger partial charge in [0.25, 0.3) is 0 Å². The highest BCUT2D eigenvalue weighted by atomic mass is 16.5. The van der Waals surface area contributed by atoms with Crippen LogP contribution in [0.5, 0.6) is 5.75 Å². The normalized spacial score (nSPS) is 13.1. The first-order valence-electron chi connectivity index (χ1n) is 6.50. The van der Waals surface area contributed by atoms with Crippen molar-refractivity contribution in [2.75, 3.05) is 0 Å². The standard InChI is InChI=1S/C15H25NO/c1-11(2)15(16)9-8-13-6-5-7-14(10-13)17-12(3)4/h5-7,10-12,15H,8-9,16H2,1-4H3. The van der Waals surface area contributed by atoms with Gasteiger partial charge in [-0.15, -0.1) is 0 Å². The molecule has 0 spiro atoms. The molecule has 0 aliphatic rings. The molecular formula is C15H25NO. The van der Waals surface area contributed by atoms with Crippen molar-refractivity contribution < 1.29 is 4.74 Å². The number of aryl methyl sites for hydroxylation is 1. The van der Waals surface area contributed by atoms with E-state index in [1.54, 1.807) is 0 Å². The number of hydrogen-bond acceptors (Lipinski definition) is 2. The minimum atomic E-state index is 0.225. The van der Waals surface area contributed by atoms with E-state index in [0.717, 1.165) is 18.6 Å². The molecule has 0 aromatic heterocycles. The van der Waals surface area contributed by atoms with Crippen LogP contribution in [0.25, 0.3) is 0 Å². The average molecular weight is 235 g/mol. The Hall–Kier alpha value is -1.02. The van der Waals surface area contributed by atoms with Gasteiger partial charge in [0.05, 0.1) is 6.10 Å². The predicted octanol–water partition coefficient (Wildman–Crippen LogP) is 3.39. The molecule has 2 heteroatoms. The molecule has 1 aromatic rings. The molecule has 0 saturated carbocycles. The molecule has 1 aromatic carbocycles. The van der Waals surface area contributed by atoms with Crippen LogP contribution in [0.3, 0.4) is 0 Å². The van der Waals surface area contributed by atoms with Crippen LogP contribution in [0.2, 0.25) is 0 Å². The van der Waals surface area contributed by atoms with Crippen molar-refractivity contribution in [3.63, 3.8) is 0 Å². The molecule has 0 aliphatic carbocycles. The lowest BCUT2D eigenvalue weighted by atomic mass is 9.97. The number of nitrogens with two attached hydrogens (primary N) is 1. The second kappa shape index (κ2) is 6.65. The third-order valence-electron chi connectivity index (χ3n) is 2.89. The zero-order chi connectivity index (χ0) is 12.8. The van der Waals surface area contributed by atoms with Gasteiger partial charge in [-0.25, -0.2) is 0 Å². The second-order valence-electron chi connectivity index (χ2n) is 5.26. The maximum Gasteiger partial charge on any atom is 0.119 e. The first-order chi connectivity index (χ1) is 7.99. The molecule has 1 atom stereocenters. The molecular weight excluding hydrogens is 210 g/mol. The summed E-state index contributed by atoms with van der Waals surface area (Å²) in [7, 11) is 0. The second-order valence-corrected chi connectivity index (χ2v) is 5.26. The van der Waals surface area contributed by atoms with E-state index in [2.05, 4.69) is 26.0 Å². The van der Waals surface area contributed by atoms with Gasteiger partial charge in [-0.05, 0) is 50.3 Å². The summed E-state index contributed by atoms with van der Waals surface area (Å²) in [5, 5.41) is 0. The number of rotatable bonds is 6. The van der Waals surface area contributed by atoms with Crippen LogP contribution in [0.1, 0.15) is 39.7 Å². The third-order valence-corrected chi connectivity index (χ3v) is 2.89. The van der Waals surface area contributed by atoms with Gasteiger partial charge in [0, 0.05) is 6.04 Å². The molecule has 2 N–H and O–H groups in total. The summed E-state index contributed by atoms with van der Waals surface area (Å²) in [6.45, 7) is 8.43. The molecule has 0 bridgehead atoms. The molecule has 0 radical (unpaired) electrons. The van der Waals surface area contributed by atoms with Gasteiger partial charge in [-0.2, -0.15) is 0 Å². The first-order valence-corrected chi connectivity index (χ1v) is 6.50. The van der Waals surface area contributed by atoms with Gasteiger partial charge >= 0.3 is 0 Å². The Balaban J connectivity index is 2.54. The van der Waals surface area contributed by atoms with Gasteiger partial charge in [0.2, 0.25) is 0 Å². The van der Waals surface area contributed by atoms with Crippen molar-refractivity contribution in [3.8, 4) is 5.75 Å². The van der Waals surface area contributed by atoms with E-state index < -0.39 is 0 Å². The minimum absolute atomic E-state index is 0.225. The lowest BCUT2D eigenvalue weighted by Crippen LogP contribution is -2.26. The largest absolute Gasteiger partial charge is 0.491 e. The molecule has 0 amide bonds. The van der Waals surface area contributed by atoms with Crippen molar-refractivity contribution in [1.82, 2.24) is 0 Å². The average Bonchev–Trinajstić information content (AvgIpc) is 2.25. The van der Waals surface area contributed by atoms with Gasteiger partial charge < -0.3 is 10.5 Å². The fourth-order valence-corrected chi connectivity index (χ4v) is 1.71. The Bertz CT molecular complexity index is 333. The summed E-state index contributed by atoms with van der Waals surface area (Å²) in [6, 6.07) is 8.59. The van der Waals surface area contributed by atoms with Crippen LogP contribution >= 0.6 is 0 Å². The maximum atomic E-state index is 6.05. The van der Waals surface area contributed by atoms with E-state index in [-0.39, 0.29) is 12.1 Å². The molecule has 0 heterocycles. The van der Waals surface area contributed by atoms with Crippen molar-refractivity contribution in [2.45, 2.75) is 52.7 Å². The molecule has 1 unspecified atom stereocenters. The summed E-state index contributed by atoms with van der Waals surface area (Å²) >= 11 is 0. The van der Waals surface area contributed by atoms with Crippen molar-refractivity contribution >= 4 is 0 Å². The summed E-state index contributed by atoms with van der Waals surface area (Å²) in [4.78, 5) is 0. The molecule has 0 aliphatic heterocycles. The van der Waals surface area contributed by atoms with Gasteiger partial charge in [0.15, 0.2) is 0 Å². The van der Waals surface area contributed by atoms with E-state index in [1.807, 2.05) is 26.0 Å². The quantitative estimate of drug-likeness (QED) is 0.820. The lowest BCUT2D eigenvalue weighted by molar-refractivity contribution is 0.242. The lowest BCUT2D eigenvalue weighted by Gasteiger charge is -2.16. The number of benzene rings is 1. The smallest absolute Gasteiger partial charge is 0.119 e. The minimum Gasteiger partial charge on any atom is -0.491 e. The molecule has 2 nitrogen and oxygen atoms in total. The van der Waals surface area contributed by atoms with Crippen LogP contribution in [-0.4, -0.2) is 12.1 Å². The fraction of sp³-hybridized carbons (Fsp3) is 0.600. The molecule has 0 saturated heterocycles. The summed E-state index contributed by atoms with van der Waals surface area (Å²) in [5.74, 6) is 1.50. The van der Waals surface area contributed by atoms with Crippen molar-refractivity contribution in [2.24, 2.45) is 11.7 Å². The molecule has 17 heavy (non-hydrogen) atoms. The zero-order valence-electron chi connectivity index (χ0n) is 11.4. The topological polar surface area (TPSA) is 35.2 Å². The zero-order valence-corrected chi connectivity index (χ0v) is 11.4. The highest BCUT2D eigenvalue weighted by molar-refractivity contribution is 5.28. The van der Waals surface area contributed by atoms with Crippen LogP contribution in [0, 0.1) is 5.92 Å². The van der Waals surface area contributed by atoms with Crippen LogP contribution in [0.4, 0.5) is 0 Å². The van der Waals surface area contributed by atoms with Crippen molar-refractivity contribution in [3.05, 3.63) is 29.8 Å². The van der Waals surface area contributed by atoms with Gasteiger partial charge in [0.1, 0.15) is 5.75 Å². The monoisotopic (exact) mass is 235 g/mol.